The SMILES string of the molecule is NNC(Cc1ccncc1)CC1OCCc2ccccc21. The molecular weight excluding hydrogens is 262 g/mol. The minimum Gasteiger partial charge on any atom is -0.373 e. The molecule has 3 N–H and O–H groups in total. The highest BCUT2D eigenvalue weighted by molar-refractivity contribution is 5.31. The summed E-state index contributed by atoms with van der Waals surface area (Å²) in [5, 5.41) is 0. The van der Waals surface area contributed by atoms with Crippen molar-refractivity contribution in [2.75, 3.05) is 6.61 Å². The minimum atomic E-state index is 0.123. The number of nitrogens with two attached hydrogens (primary N) is 1. The summed E-state index contributed by atoms with van der Waals surface area (Å²) < 4.78 is 5.97. The van der Waals surface area contributed by atoms with E-state index < -0.39 is 0 Å². The van der Waals surface area contributed by atoms with Crippen LogP contribution in [0.25, 0.3) is 0 Å². The first kappa shape index (κ1) is 14.2. The van der Waals surface area contributed by atoms with Crippen molar-refractivity contribution in [1.82, 2.24) is 10.4 Å². The lowest BCUT2D eigenvalue weighted by Gasteiger charge is -2.29. The number of fused-ring (bicyclic) bond motifs is 1. The number of hydrazine groups is 1. The summed E-state index contributed by atoms with van der Waals surface area (Å²) in [6, 6.07) is 12.8. The van der Waals surface area contributed by atoms with Crippen molar-refractivity contribution in [3.05, 3.63) is 65.5 Å². The molecule has 21 heavy (non-hydrogen) atoms. The average molecular weight is 283 g/mol. The van der Waals surface area contributed by atoms with E-state index in [1.165, 1.54) is 16.7 Å². The van der Waals surface area contributed by atoms with E-state index in [0.29, 0.717) is 0 Å². The number of aromatic nitrogens is 1. The van der Waals surface area contributed by atoms with Crippen molar-refractivity contribution in [2.24, 2.45) is 5.84 Å². The van der Waals surface area contributed by atoms with Crippen LogP contribution in [0.15, 0.2) is 48.8 Å². The Morgan fingerprint density at radius 2 is 2.05 bits per heavy atom. The molecule has 0 spiro atoms. The van der Waals surface area contributed by atoms with Gasteiger partial charge in [-0.3, -0.25) is 16.3 Å². The molecule has 110 valence electrons. The Kier molecular flexibility index (Phi) is 4.60. The van der Waals surface area contributed by atoms with Crippen LogP contribution in [-0.2, 0) is 17.6 Å². The first-order valence-corrected chi connectivity index (χ1v) is 7.41. The molecule has 1 aromatic heterocycles. The van der Waals surface area contributed by atoms with E-state index in [1.807, 2.05) is 24.5 Å². The van der Waals surface area contributed by atoms with Crippen LogP contribution < -0.4 is 11.3 Å². The Hall–Kier alpha value is -1.75. The molecule has 0 saturated carbocycles. The van der Waals surface area contributed by atoms with E-state index >= 15 is 0 Å². The van der Waals surface area contributed by atoms with Crippen LogP contribution >= 0.6 is 0 Å². The maximum absolute atomic E-state index is 5.97. The summed E-state index contributed by atoms with van der Waals surface area (Å²) in [5.41, 5.74) is 6.86. The second kappa shape index (κ2) is 6.80. The van der Waals surface area contributed by atoms with Gasteiger partial charge >= 0.3 is 0 Å². The monoisotopic (exact) mass is 283 g/mol. The van der Waals surface area contributed by atoms with Crippen molar-refractivity contribution in [2.45, 2.75) is 31.4 Å². The van der Waals surface area contributed by atoms with Crippen molar-refractivity contribution in [1.29, 1.82) is 0 Å². The fraction of sp³-hybridized carbons (Fsp3) is 0.353. The molecule has 4 heteroatoms. The lowest BCUT2D eigenvalue weighted by Crippen LogP contribution is -2.38. The second-order valence-electron chi connectivity index (χ2n) is 5.47. The van der Waals surface area contributed by atoms with Gasteiger partial charge in [-0.05, 0) is 48.1 Å². The Bertz CT molecular complexity index is 573. The Balaban J connectivity index is 1.70. The number of pyridine rings is 1. The van der Waals surface area contributed by atoms with Crippen LogP contribution in [0.5, 0.6) is 0 Å². The predicted molar refractivity (Wildman–Crippen MR) is 82.5 cm³/mol. The Morgan fingerprint density at radius 1 is 1.24 bits per heavy atom. The lowest BCUT2D eigenvalue weighted by atomic mass is 9.92. The highest BCUT2D eigenvalue weighted by Gasteiger charge is 2.23. The molecule has 1 aliphatic heterocycles. The molecule has 0 bridgehead atoms. The molecule has 1 aliphatic rings. The molecule has 0 aliphatic carbocycles. The first-order valence-electron chi connectivity index (χ1n) is 7.41. The number of rotatable bonds is 5. The molecule has 0 radical (unpaired) electrons. The number of nitrogens with zero attached hydrogens (tertiary/aromatic N) is 1. The fourth-order valence-corrected chi connectivity index (χ4v) is 2.94. The maximum atomic E-state index is 5.97. The molecule has 2 atom stereocenters. The topological polar surface area (TPSA) is 60.2 Å². The third-order valence-electron chi connectivity index (χ3n) is 4.06. The van der Waals surface area contributed by atoms with Crippen LogP contribution in [0.1, 0.15) is 29.2 Å². The number of hydrogen-bond donors (Lipinski definition) is 2. The molecule has 2 unspecified atom stereocenters. The second-order valence-corrected chi connectivity index (χ2v) is 5.47. The molecular formula is C17H21N3O. The van der Waals surface area contributed by atoms with E-state index in [4.69, 9.17) is 10.6 Å². The van der Waals surface area contributed by atoms with E-state index in [-0.39, 0.29) is 12.1 Å². The van der Waals surface area contributed by atoms with Gasteiger partial charge in [0.05, 0.1) is 12.7 Å². The molecule has 2 aromatic rings. The highest BCUT2D eigenvalue weighted by Crippen LogP contribution is 2.30. The van der Waals surface area contributed by atoms with Crippen LogP contribution in [0.2, 0.25) is 0 Å². The first-order chi connectivity index (χ1) is 10.4. The number of hydrogen-bond acceptors (Lipinski definition) is 4. The number of nitrogens with one attached hydrogen (secondary N) is 1. The highest BCUT2D eigenvalue weighted by atomic mass is 16.5. The van der Waals surface area contributed by atoms with E-state index in [9.17, 15) is 0 Å². The maximum Gasteiger partial charge on any atom is 0.0843 e. The van der Waals surface area contributed by atoms with E-state index in [0.717, 1.165) is 25.9 Å². The van der Waals surface area contributed by atoms with Crippen LogP contribution in [0, 0.1) is 0 Å². The Labute approximate surface area is 125 Å². The van der Waals surface area contributed by atoms with Gasteiger partial charge in [-0.2, -0.15) is 0 Å². The number of ether oxygens (including phenoxy) is 1. The zero-order valence-corrected chi connectivity index (χ0v) is 12.0. The normalized spacial score (nSPS) is 19.0. The molecule has 4 nitrogen and oxygen atoms in total. The molecule has 2 heterocycles. The summed E-state index contributed by atoms with van der Waals surface area (Å²) >= 11 is 0. The van der Waals surface area contributed by atoms with Crippen molar-refractivity contribution >= 4 is 0 Å². The van der Waals surface area contributed by atoms with Gasteiger partial charge in [0.25, 0.3) is 0 Å². The smallest absolute Gasteiger partial charge is 0.0843 e. The summed E-state index contributed by atoms with van der Waals surface area (Å²) in [6.45, 7) is 0.786. The summed E-state index contributed by atoms with van der Waals surface area (Å²) in [4.78, 5) is 4.05. The fourth-order valence-electron chi connectivity index (χ4n) is 2.94. The molecule has 0 saturated heterocycles. The summed E-state index contributed by atoms with van der Waals surface area (Å²) in [5.74, 6) is 5.74. The standard InChI is InChI=1S/C17H21N3O/c18-20-15(11-13-5-8-19-9-6-13)12-17-16-4-2-1-3-14(16)7-10-21-17/h1-6,8-9,15,17,20H,7,10-12,18H2. The van der Waals surface area contributed by atoms with Crippen molar-refractivity contribution in [3.8, 4) is 0 Å². The summed E-state index contributed by atoms with van der Waals surface area (Å²) in [7, 11) is 0. The molecule has 0 amide bonds. The molecule has 1 aromatic carbocycles. The number of benzene rings is 1. The van der Waals surface area contributed by atoms with Gasteiger partial charge in [0.1, 0.15) is 0 Å². The van der Waals surface area contributed by atoms with Gasteiger partial charge in [0.2, 0.25) is 0 Å². The Morgan fingerprint density at radius 3 is 2.86 bits per heavy atom. The largest absolute Gasteiger partial charge is 0.373 e. The van der Waals surface area contributed by atoms with Gasteiger partial charge in [0, 0.05) is 18.4 Å². The van der Waals surface area contributed by atoms with Gasteiger partial charge in [-0.25, -0.2) is 0 Å². The van der Waals surface area contributed by atoms with Crippen molar-refractivity contribution in [3.63, 3.8) is 0 Å². The van der Waals surface area contributed by atoms with Gasteiger partial charge in [-0.15, -0.1) is 0 Å². The van der Waals surface area contributed by atoms with Crippen LogP contribution in [0.3, 0.4) is 0 Å². The zero-order valence-electron chi connectivity index (χ0n) is 12.0. The van der Waals surface area contributed by atoms with Gasteiger partial charge < -0.3 is 4.74 Å². The van der Waals surface area contributed by atoms with Gasteiger partial charge in [-0.1, -0.05) is 24.3 Å². The van der Waals surface area contributed by atoms with E-state index in [2.05, 4.69) is 34.7 Å². The van der Waals surface area contributed by atoms with Crippen LogP contribution in [0.4, 0.5) is 0 Å². The van der Waals surface area contributed by atoms with Crippen molar-refractivity contribution < 1.29 is 4.74 Å². The van der Waals surface area contributed by atoms with Gasteiger partial charge in [0.15, 0.2) is 0 Å². The summed E-state index contributed by atoms with van der Waals surface area (Å²) in [6.07, 6.45) is 6.50. The lowest BCUT2D eigenvalue weighted by molar-refractivity contribution is 0.0295. The predicted octanol–water partition coefficient (Wildman–Crippen LogP) is 2.16. The average Bonchev–Trinajstić information content (AvgIpc) is 2.55. The van der Waals surface area contributed by atoms with E-state index in [1.54, 1.807) is 0 Å². The van der Waals surface area contributed by atoms with Crippen LogP contribution in [-0.4, -0.2) is 17.6 Å². The zero-order chi connectivity index (χ0) is 14.5. The third-order valence-corrected chi connectivity index (χ3v) is 4.06. The third kappa shape index (κ3) is 3.47. The quantitative estimate of drug-likeness (QED) is 0.652. The minimum absolute atomic E-state index is 0.123. The molecule has 0 fully saturated rings. The molecule has 3 rings (SSSR count).